The molecule has 0 saturated carbocycles. The molecule has 1 atom stereocenters. The maximum Gasteiger partial charge on any atom is 0.326 e. The minimum Gasteiger partial charge on any atom is -0.447 e. The molecule has 0 bridgehead atoms. The average molecular weight is 283 g/mol. The molecule has 1 saturated heterocycles. The number of cyclic esters (lactones) is 1. The number of benzene rings is 1. The number of hydrogen-bond donors (Lipinski definition) is 0. The van der Waals surface area contributed by atoms with E-state index < -0.39 is 22.0 Å². The van der Waals surface area contributed by atoms with Gasteiger partial charge in [-0.2, -0.15) is 0 Å². The Kier molecular flexibility index (Phi) is 3.68. The lowest BCUT2D eigenvalue weighted by molar-refractivity contribution is -0.139. The van der Waals surface area contributed by atoms with Crippen molar-refractivity contribution in [3.05, 3.63) is 29.8 Å². The van der Waals surface area contributed by atoms with E-state index in [2.05, 4.69) is 0 Å². The fourth-order valence-corrected chi connectivity index (χ4v) is 3.27. The molecule has 1 fully saturated rings. The van der Waals surface area contributed by atoms with Gasteiger partial charge in [0.1, 0.15) is 12.3 Å². The number of aryl methyl sites for hydroxylation is 1. The number of esters is 1. The number of nitrogens with zero attached hydrogens (tertiary/aromatic N) is 1. The number of aldehydes is 1. The van der Waals surface area contributed by atoms with Gasteiger partial charge in [0.15, 0.2) is 6.73 Å². The van der Waals surface area contributed by atoms with Gasteiger partial charge >= 0.3 is 5.97 Å². The minimum absolute atomic E-state index is 0.0762. The zero-order valence-corrected chi connectivity index (χ0v) is 11.1. The fraction of sp³-hybridized carbons (Fsp3) is 0.333. The van der Waals surface area contributed by atoms with Crippen molar-refractivity contribution >= 4 is 22.3 Å². The molecule has 2 rings (SSSR count). The summed E-state index contributed by atoms with van der Waals surface area (Å²) in [7, 11) is -3.83. The second-order valence-corrected chi connectivity index (χ2v) is 6.11. The quantitative estimate of drug-likeness (QED) is 0.592. The Morgan fingerprint density at radius 1 is 1.37 bits per heavy atom. The average Bonchev–Trinajstić information content (AvgIpc) is 2.73. The third-order valence-electron chi connectivity index (χ3n) is 2.90. The van der Waals surface area contributed by atoms with Crippen molar-refractivity contribution in [2.45, 2.75) is 24.3 Å². The number of ether oxygens (including phenoxy) is 1. The smallest absolute Gasteiger partial charge is 0.326 e. The molecule has 1 heterocycles. The standard InChI is InChI=1S/C12H13NO5S/c1-9-2-4-10(5-3-9)19(16,17)13-8-18-12(15)11(13)6-7-14/h2-5,7,11H,6,8H2,1H3/t11-/m0/s1. The summed E-state index contributed by atoms with van der Waals surface area (Å²) in [4.78, 5) is 22.0. The first-order valence-electron chi connectivity index (χ1n) is 5.65. The molecule has 0 spiro atoms. The Balaban J connectivity index is 2.36. The Morgan fingerprint density at radius 2 is 2.00 bits per heavy atom. The molecule has 19 heavy (non-hydrogen) atoms. The zero-order chi connectivity index (χ0) is 14.0. The lowest BCUT2D eigenvalue weighted by atomic mass is 10.2. The lowest BCUT2D eigenvalue weighted by Crippen LogP contribution is -2.38. The van der Waals surface area contributed by atoms with Crippen LogP contribution in [0.25, 0.3) is 0 Å². The van der Waals surface area contributed by atoms with Crippen LogP contribution in [0.5, 0.6) is 0 Å². The summed E-state index contributed by atoms with van der Waals surface area (Å²) in [5.41, 5.74) is 0.928. The largest absolute Gasteiger partial charge is 0.447 e. The fourth-order valence-electron chi connectivity index (χ4n) is 1.82. The molecule has 0 N–H and O–H groups in total. The third kappa shape index (κ3) is 2.52. The molecule has 102 valence electrons. The summed E-state index contributed by atoms with van der Waals surface area (Å²) in [5.74, 6) is -0.692. The first-order chi connectivity index (χ1) is 8.96. The van der Waals surface area contributed by atoms with Crippen molar-refractivity contribution in [3.63, 3.8) is 0 Å². The summed E-state index contributed by atoms with van der Waals surface area (Å²) in [6.45, 7) is 1.49. The highest BCUT2D eigenvalue weighted by molar-refractivity contribution is 7.89. The van der Waals surface area contributed by atoms with E-state index >= 15 is 0 Å². The van der Waals surface area contributed by atoms with Crippen molar-refractivity contribution in [1.82, 2.24) is 4.31 Å². The van der Waals surface area contributed by atoms with Crippen LogP contribution in [0.1, 0.15) is 12.0 Å². The maximum absolute atomic E-state index is 12.4. The van der Waals surface area contributed by atoms with E-state index in [4.69, 9.17) is 4.74 Å². The van der Waals surface area contributed by atoms with E-state index in [-0.39, 0.29) is 18.0 Å². The summed E-state index contributed by atoms with van der Waals surface area (Å²) in [5, 5.41) is 0. The molecular formula is C12H13NO5S. The molecular weight excluding hydrogens is 270 g/mol. The Hall–Kier alpha value is -1.73. The van der Waals surface area contributed by atoms with Crippen LogP contribution in [-0.2, 0) is 24.3 Å². The van der Waals surface area contributed by atoms with Crippen molar-refractivity contribution < 1.29 is 22.7 Å². The van der Waals surface area contributed by atoms with Gasteiger partial charge in [0, 0.05) is 6.42 Å². The summed E-state index contributed by atoms with van der Waals surface area (Å²) >= 11 is 0. The third-order valence-corrected chi connectivity index (χ3v) is 4.75. The molecule has 1 aliphatic heterocycles. The van der Waals surface area contributed by atoms with Gasteiger partial charge < -0.3 is 9.53 Å². The van der Waals surface area contributed by atoms with Crippen molar-refractivity contribution in [1.29, 1.82) is 0 Å². The molecule has 0 aliphatic carbocycles. The predicted octanol–water partition coefficient (Wildman–Crippen LogP) is 0.458. The Labute approximate surface area is 111 Å². The van der Waals surface area contributed by atoms with Crippen molar-refractivity contribution in [3.8, 4) is 0 Å². The highest BCUT2D eigenvalue weighted by atomic mass is 32.2. The summed E-state index contributed by atoms with van der Waals surface area (Å²) < 4.78 is 30.3. The van der Waals surface area contributed by atoms with E-state index in [0.717, 1.165) is 9.87 Å². The second kappa shape index (κ2) is 5.10. The van der Waals surface area contributed by atoms with Crippen molar-refractivity contribution in [2.75, 3.05) is 6.73 Å². The first kappa shape index (κ1) is 13.7. The van der Waals surface area contributed by atoms with E-state index in [9.17, 15) is 18.0 Å². The van der Waals surface area contributed by atoms with E-state index in [1.54, 1.807) is 12.1 Å². The Morgan fingerprint density at radius 3 is 2.58 bits per heavy atom. The van der Waals surface area contributed by atoms with Gasteiger partial charge in [-0.1, -0.05) is 17.7 Å². The first-order valence-corrected chi connectivity index (χ1v) is 7.09. The molecule has 0 radical (unpaired) electrons. The van der Waals surface area contributed by atoms with Crippen LogP contribution >= 0.6 is 0 Å². The van der Waals surface area contributed by atoms with Crippen LogP contribution in [0.4, 0.5) is 0 Å². The van der Waals surface area contributed by atoms with Crippen LogP contribution in [0.2, 0.25) is 0 Å². The van der Waals surface area contributed by atoms with Crippen LogP contribution in [0, 0.1) is 6.92 Å². The van der Waals surface area contributed by atoms with Crippen LogP contribution in [-0.4, -0.2) is 37.8 Å². The van der Waals surface area contributed by atoms with Gasteiger partial charge in [-0.3, -0.25) is 4.79 Å². The highest BCUT2D eigenvalue weighted by Gasteiger charge is 2.42. The molecule has 0 aromatic heterocycles. The number of sulfonamides is 1. The lowest BCUT2D eigenvalue weighted by Gasteiger charge is -2.18. The monoisotopic (exact) mass is 283 g/mol. The van der Waals surface area contributed by atoms with Gasteiger partial charge in [-0.25, -0.2) is 8.42 Å². The molecule has 7 heteroatoms. The summed E-state index contributed by atoms with van der Waals surface area (Å²) in [6, 6.07) is 5.20. The Bertz CT molecular complexity index is 593. The molecule has 0 amide bonds. The number of rotatable bonds is 4. The molecule has 0 unspecified atom stereocenters. The topological polar surface area (TPSA) is 80.8 Å². The maximum atomic E-state index is 12.4. The number of hydrogen-bond acceptors (Lipinski definition) is 5. The molecule has 1 aliphatic rings. The molecule has 1 aromatic carbocycles. The second-order valence-electron chi connectivity index (χ2n) is 4.22. The van der Waals surface area contributed by atoms with E-state index in [1.165, 1.54) is 12.1 Å². The van der Waals surface area contributed by atoms with Gasteiger partial charge in [0.05, 0.1) is 4.90 Å². The summed E-state index contributed by atoms with van der Waals surface area (Å²) in [6.07, 6.45) is 0.304. The predicted molar refractivity (Wildman–Crippen MR) is 65.6 cm³/mol. The van der Waals surface area contributed by atoms with Crippen LogP contribution in [0.3, 0.4) is 0 Å². The molecule has 1 aromatic rings. The van der Waals surface area contributed by atoms with E-state index in [1.807, 2.05) is 6.92 Å². The number of carbonyl (C=O) groups is 2. The highest BCUT2D eigenvalue weighted by Crippen LogP contribution is 2.24. The van der Waals surface area contributed by atoms with Crippen LogP contribution in [0.15, 0.2) is 29.2 Å². The van der Waals surface area contributed by atoms with Crippen LogP contribution < -0.4 is 0 Å². The zero-order valence-electron chi connectivity index (χ0n) is 10.3. The molecule has 6 nitrogen and oxygen atoms in total. The SMILES string of the molecule is Cc1ccc(S(=O)(=O)N2COC(=O)[C@@H]2CC=O)cc1. The van der Waals surface area contributed by atoms with Gasteiger partial charge in [-0.15, -0.1) is 4.31 Å². The van der Waals surface area contributed by atoms with E-state index in [0.29, 0.717) is 6.29 Å². The number of carbonyl (C=O) groups excluding carboxylic acids is 2. The van der Waals surface area contributed by atoms with Gasteiger partial charge in [0.25, 0.3) is 0 Å². The van der Waals surface area contributed by atoms with Gasteiger partial charge in [-0.05, 0) is 19.1 Å². The van der Waals surface area contributed by atoms with Gasteiger partial charge in [0.2, 0.25) is 10.0 Å². The minimum atomic E-state index is -3.83. The normalized spacial score (nSPS) is 20.3. The van der Waals surface area contributed by atoms with Crippen molar-refractivity contribution in [2.24, 2.45) is 0 Å².